The van der Waals surface area contributed by atoms with Crippen LogP contribution in [0.5, 0.6) is 0 Å². The van der Waals surface area contributed by atoms with Crippen LogP contribution in [0.4, 0.5) is 0 Å². The van der Waals surface area contributed by atoms with Gasteiger partial charge < -0.3 is 0 Å². The lowest BCUT2D eigenvalue weighted by molar-refractivity contribution is 1.16. The van der Waals surface area contributed by atoms with E-state index in [4.69, 9.17) is 9.97 Å². The number of nitrogens with zero attached hydrogens (tertiary/aromatic N) is 2. The number of hydrogen-bond acceptors (Lipinski definition) is 2. The largest absolute Gasteiger partial charge is 0.228 e. The van der Waals surface area contributed by atoms with Gasteiger partial charge in [-0.2, -0.15) is 0 Å². The minimum atomic E-state index is 0.725. The summed E-state index contributed by atoms with van der Waals surface area (Å²) >= 11 is 0. The van der Waals surface area contributed by atoms with E-state index in [2.05, 4.69) is 18.7 Å². The van der Waals surface area contributed by atoms with Crippen molar-refractivity contribution in [3.05, 3.63) is 91.2 Å². The van der Waals surface area contributed by atoms with Crippen LogP contribution < -0.4 is 0 Å². The molecule has 0 aliphatic carbocycles. The smallest absolute Gasteiger partial charge is 0.160 e. The number of aromatic nitrogens is 2. The zero-order chi connectivity index (χ0) is 16.1. The van der Waals surface area contributed by atoms with Crippen molar-refractivity contribution in [2.24, 2.45) is 0 Å². The zero-order valence-corrected chi connectivity index (χ0v) is 13.1. The van der Waals surface area contributed by atoms with Gasteiger partial charge in [-0.15, -0.1) is 0 Å². The van der Waals surface area contributed by atoms with Crippen LogP contribution in [0.1, 0.15) is 12.6 Å². The Balaban J connectivity index is 2.21. The van der Waals surface area contributed by atoms with Crippen molar-refractivity contribution in [1.82, 2.24) is 9.97 Å². The third-order valence-electron chi connectivity index (χ3n) is 3.65. The molecule has 0 saturated heterocycles. The van der Waals surface area contributed by atoms with Gasteiger partial charge in [0.1, 0.15) is 0 Å². The monoisotopic (exact) mass is 298 g/mol. The standard InChI is InChI=1S/C21H18N2/c1-3-16(4-2)19-15-20(17-11-7-5-8-12-17)23-21(22-19)18-13-9-6-10-14-18/h3-15H,1H2,2H3. The molecule has 0 atom stereocenters. The molecule has 0 radical (unpaired) electrons. The summed E-state index contributed by atoms with van der Waals surface area (Å²) in [7, 11) is 0. The Bertz CT molecular complexity index is 776. The highest BCUT2D eigenvalue weighted by Gasteiger charge is 2.09. The summed E-state index contributed by atoms with van der Waals surface area (Å²) in [6.45, 7) is 5.87. The van der Waals surface area contributed by atoms with Crippen LogP contribution in [0.3, 0.4) is 0 Å². The summed E-state index contributed by atoms with van der Waals surface area (Å²) < 4.78 is 0. The van der Waals surface area contributed by atoms with Gasteiger partial charge in [0.25, 0.3) is 0 Å². The second-order valence-electron chi connectivity index (χ2n) is 5.14. The normalized spacial score (nSPS) is 11.3. The number of rotatable bonds is 4. The zero-order valence-electron chi connectivity index (χ0n) is 13.1. The van der Waals surface area contributed by atoms with E-state index in [0.29, 0.717) is 0 Å². The summed E-state index contributed by atoms with van der Waals surface area (Å²) in [5.41, 5.74) is 4.88. The second-order valence-corrected chi connectivity index (χ2v) is 5.14. The molecule has 0 amide bonds. The van der Waals surface area contributed by atoms with Crippen molar-refractivity contribution >= 4 is 5.57 Å². The number of hydrogen-bond donors (Lipinski definition) is 0. The highest BCUT2D eigenvalue weighted by molar-refractivity contribution is 5.75. The molecule has 0 unspecified atom stereocenters. The summed E-state index contributed by atoms with van der Waals surface area (Å²) in [5, 5.41) is 0. The Hall–Kier alpha value is -3.00. The van der Waals surface area contributed by atoms with Gasteiger partial charge >= 0.3 is 0 Å². The molecule has 112 valence electrons. The molecule has 0 N–H and O–H groups in total. The molecule has 0 bridgehead atoms. The Kier molecular flexibility index (Phi) is 4.44. The first-order chi connectivity index (χ1) is 11.3. The molecule has 0 aliphatic rings. The van der Waals surface area contributed by atoms with Gasteiger partial charge in [0, 0.05) is 11.1 Å². The van der Waals surface area contributed by atoms with Gasteiger partial charge in [0.15, 0.2) is 5.82 Å². The lowest BCUT2D eigenvalue weighted by Crippen LogP contribution is -1.97. The third kappa shape index (κ3) is 3.27. The average Bonchev–Trinajstić information content (AvgIpc) is 2.64. The van der Waals surface area contributed by atoms with Gasteiger partial charge in [-0.25, -0.2) is 9.97 Å². The Morgan fingerprint density at radius 3 is 2.04 bits per heavy atom. The molecule has 2 nitrogen and oxygen atoms in total. The fourth-order valence-electron chi connectivity index (χ4n) is 2.44. The molecule has 1 aromatic heterocycles. The predicted octanol–water partition coefficient (Wildman–Crippen LogP) is 5.40. The Labute approximate surface area is 136 Å². The first kappa shape index (κ1) is 14.9. The van der Waals surface area contributed by atoms with Crippen molar-refractivity contribution in [2.45, 2.75) is 6.92 Å². The van der Waals surface area contributed by atoms with E-state index in [-0.39, 0.29) is 0 Å². The van der Waals surface area contributed by atoms with E-state index in [9.17, 15) is 0 Å². The maximum atomic E-state index is 4.75. The maximum Gasteiger partial charge on any atom is 0.160 e. The van der Waals surface area contributed by atoms with Crippen LogP contribution in [-0.2, 0) is 0 Å². The first-order valence-electron chi connectivity index (χ1n) is 7.61. The van der Waals surface area contributed by atoms with E-state index in [1.54, 1.807) is 0 Å². The van der Waals surface area contributed by atoms with Gasteiger partial charge in [-0.05, 0) is 18.6 Å². The second kappa shape index (κ2) is 6.84. The summed E-state index contributed by atoms with van der Waals surface area (Å²) in [6.07, 6.45) is 3.84. The van der Waals surface area contributed by atoms with E-state index in [1.807, 2.05) is 73.7 Å². The Morgan fingerprint density at radius 2 is 1.48 bits per heavy atom. The third-order valence-corrected chi connectivity index (χ3v) is 3.65. The molecule has 0 fully saturated rings. The molecule has 3 aromatic rings. The lowest BCUT2D eigenvalue weighted by atomic mass is 10.1. The fourth-order valence-corrected chi connectivity index (χ4v) is 2.44. The number of benzene rings is 2. The molecule has 3 rings (SSSR count). The van der Waals surface area contributed by atoms with E-state index < -0.39 is 0 Å². The van der Waals surface area contributed by atoms with Crippen molar-refractivity contribution in [1.29, 1.82) is 0 Å². The first-order valence-corrected chi connectivity index (χ1v) is 7.61. The lowest BCUT2D eigenvalue weighted by Gasteiger charge is -2.09. The summed E-state index contributed by atoms with van der Waals surface area (Å²) in [6, 6.07) is 22.2. The molecular formula is C21H18N2. The van der Waals surface area contributed by atoms with E-state index >= 15 is 0 Å². The molecule has 0 spiro atoms. The molecule has 2 aromatic carbocycles. The van der Waals surface area contributed by atoms with Crippen molar-refractivity contribution in [2.75, 3.05) is 0 Å². The van der Waals surface area contributed by atoms with Crippen LogP contribution in [0.15, 0.2) is 85.5 Å². The molecule has 1 heterocycles. The van der Waals surface area contributed by atoms with Crippen molar-refractivity contribution in [3.63, 3.8) is 0 Å². The van der Waals surface area contributed by atoms with Crippen molar-refractivity contribution < 1.29 is 0 Å². The Morgan fingerprint density at radius 1 is 0.870 bits per heavy atom. The maximum absolute atomic E-state index is 4.75. The van der Waals surface area contributed by atoms with Gasteiger partial charge in [-0.3, -0.25) is 0 Å². The average molecular weight is 298 g/mol. The molecule has 23 heavy (non-hydrogen) atoms. The molecular weight excluding hydrogens is 280 g/mol. The highest BCUT2D eigenvalue weighted by atomic mass is 14.9. The predicted molar refractivity (Wildman–Crippen MR) is 96.8 cm³/mol. The van der Waals surface area contributed by atoms with Crippen LogP contribution in [0.2, 0.25) is 0 Å². The summed E-state index contributed by atoms with van der Waals surface area (Å²) in [4.78, 5) is 9.47. The molecule has 0 saturated carbocycles. The highest BCUT2D eigenvalue weighted by Crippen LogP contribution is 2.25. The number of allylic oxidation sites excluding steroid dienone is 3. The fraction of sp³-hybridized carbons (Fsp3) is 0.0476. The molecule has 2 heteroatoms. The minimum Gasteiger partial charge on any atom is -0.228 e. The van der Waals surface area contributed by atoms with E-state index in [1.165, 1.54) is 0 Å². The van der Waals surface area contributed by atoms with Crippen LogP contribution in [0, 0.1) is 0 Å². The quantitative estimate of drug-likeness (QED) is 0.603. The van der Waals surface area contributed by atoms with Gasteiger partial charge in [0.2, 0.25) is 0 Å². The SMILES string of the molecule is C=CC(=CC)c1cc(-c2ccccc2)nc(-c2ccccc2)n1. The molecule has 0 aliphatic heterocycles. The minimum absolute atomic E-state index is 0.725. The van der Waals surface area contributed by atoms with Crippen LogP contribution in [0.25, 0.3) is 28.2 Å². The van der Waals surface area contributed by atoms with Gasteiger partial charge in [-0.1, -0.05) is 79.4 Å². The topological polar surface area (TPSA) is 25.8 Å². The van der Waals surface area contributed by atoms with Gasteiger partial charge in [0.05, 0.1) is 11.4 Å². The van der Waals surface area contributed by atoms with Crippen molar-refractivity contribution in [3.8, 4) is 22.6 Å². The van der Waals surface area contributed by atoms with E-state index in [0.717, 1.165) is 33.9 Å². The van der Waals surface area contributed by atoms with Crippen LogP contribution in [-0.4, -0.2) is 9.97 Å². The summed E-state index contributed by atoms with van der Waals surface area (Å²) in [5.74, 6) is 0.725. The van der Waals surface area contributed by atoms with Crippen LogP contribution >= 0.6 is 0 Å².